The average molecular weight is 200 g/mol. The van der Waals surface area contributed by atoms with Crippen molar-refractivity contribution >= 4 is 11.3 Å². The van der Waals surface area contributed by atoms with Crippen LogP contribution in [0.2, 0.25) is 0 Å². The van der Waals surface area contributed by atoms with Gasteiger partial charge in [-0.15, -0.1) is 11.3 Å². The summed E-state index contributed by atoms with van der Waals surface area (Å²) in [6.07, 6.45) is 2.37. The number of thiophene rings is 1. The Morgan fingerprint density at radius 1 is 0.846 bits per heavy atom. The molecule has 1 aromatic heterocycles. The third-order valence-electron chi connectivity index (χ3n) is 1.41. The lowest BCUT2D eigenvalue weighted by atomic mass is 10.3. The molecular formula is C12H24S. The van der Waals surface area contributed by atoms with Crippen molar-refractivity contribution in [3.63, 3.8) is 0 Å². The lowest BCUT2D eigenvalue weighted by Gasteiger charge is -1.84. The van der Waals surface area contributed by atoms with E-state index in [9.17, 15) is 0 Å². The summed E-state index contributed by atoms with van der Waals surface area (Å²) >= 11 is 1.93. The first kappa shape index (κ1) is 15.2. The highest BCUT2D eigenvalue weighted by Crippen LogP contribution is 2.16. The van der Waals surface area contributed by atoms with E-state index >= 15 is 0 Å². The first-order valence-electron chi connectivity index (χ1n) is 5.44. The molecule has 0 saturated heterocycles. The molecule has 0 unspecified atom stereocenters. The van der Waals surface area contributed by atoms with Crippen molar-refractivity contribution in [3.05, 3.63) is 21.9 Å². The van der Waals surface area contributed by atoms with Gasteiger partial charge in [0.15, 0.2) is 0 Å². The molecule has 0 N–H and O–H groups in total. The molecule has 0 atom stereocenters. The van der Waals surface area contributed by atoms with Crippen molar-refractivity contribution < 1.29 is 0 Å². The van der Waals surface area contributed by atoms with Crippen LogP contribution in [0.5, 0.6) is 0 Å². The van der Waals surface area contributed by atoms with E-state index in [1.807, 2.05) is 39.0 Å². The summed E-state index contributed by atoms with van der Waals surface area (Å²) in [5, 5.41) is 0. The fourth-order valence-corrected chi connectivity index (χ4v) is 1.70. The van der Waals surface area contributed by atoms with E-state index in [0.717, 1.165) is 0 Å². The number of hydrogen-bond donors (Lipinski definition) is 0. The normalized spacial score (nSPS) is 7.85. The minimum atomic E-state index is 1.19. The van der Waals surface area contributed by atoms with E-state index in [2.05, 4.69) is 26.0 Å². The molecule has 0 fully saturated rings. The zero-order valence-corrected chi connectivity index (χ0v) is 10.8. The van der Waals surface area contributed by atoms with Gasteiger partial charge in [0.25, 0.3) is 0 Å². The molecule has 0 aromatic carbocycles. The van der Waals surface area contributed by atoms with E-state index in [4.69, 9.17) is 0 Å². The molecule has 0 aliphatic carbocycles. The fourth-order valence-electron chi connectivity index (χ4n) is 0.802. The third kappa shape index (κ3) is 6.83. The van der Waals surface area contributed by atoms with Gasteiger partial charge >= 0.3 is 0 Å². The van der Waals surface area contributed by atoms with Crippen LogP contribution in [0.1, 0.15) is 51.3 Å². The van der Waals surface area contributed by atoms with Crippen LogP contribution in [0.4, 0.5) is 0 Å². The molecule has 0 radical (unpaired) electrons. The third-order valence-corrected chi connectivity index (χ3v) is 2.79. The first-order chi connectivity index (χ1) is 6.36. The second kappa shape index (κ2) is 11.7. The van der Waals surface area contributed by atoms with Gasteiger partial charge in [-0.05, 0) is 25.0 Å². The Bertz CT molecular complexity index is 159. The Kier molecular flexibility index (Phi) is 13.7. The first-order valence-corrected chi connectivity index (χ1v) is 6.26. The standard InChI is InChI=1S/C8H12S.2C2H6/c1-3-7-5-6-8(4-2)9-7;2*1-2/h5-6H,3-4H2,1-2H3;2*1-2H3. The summed E-state index contributed by atoms with van der Waals surface area (Å²) in [5.41, 5.74) is 0. The van der Waals surface area contributed by atoms with Crippen LogP contribution in [0.3, 0.4) is 0 Å². The van der Waals surface area contributed by atoms with Crippen LogP contribution in [-0.4, -0.2) is 0 Å². The molecule has 78 valence electrons. The predicted octanol–water partition coefficient (Wildman–Crippen LogP) is 4.93. The molecular weight excluding hydrogens is 176 g/mol. The van der Waals surface area contributed by atoms with E-state index in [-0.39, 0.29) is 0 Å². The van der Waals surface area contributed by atoms with Crippen molar-refractivity contribution in [1.82, 2.24) is 0 Å². The van der Waals surface area contributed by atoms with Gasteiger partial charge in [-0.2, -0.15) is 0 Å². The predicted molar refractivity (Wildman–Crippen MR) is 65.8 cm³/mol. The van der Waals surface area contributed by atoms with Crippen LogP contribution in [-0.2, 0) is 12.8 Å². The molecule has 1 heterocycles. The van der Waals surface area contributed by atoms with Gasteiger partial charge in [-0.1, -0.05) is 41.5 Å². The molecule has 13 heavy (non-hydrogen) atoms. The number of aryl methyl sites for hydroxylation is 2. The van der Waals surface area contributed by atoms with Crippen molar-refractivity contribution in [1.29, 1.82) is 0 Å². The lowest BCUT2D eigenvalue weighted by Crippen LogP contribution is -1.65. The Balaban J connectivity index is 0. The second-order valence-corrected chi connectivity index (χ2v) is 3.33. The maximum atomic E-state index is 2.23. The highest BCUT2D eigenvalue weighted by Gasteiger charge is 1.93. The molecule has 0 aliphatic heterocycles. The van der Waals surface area contributed by atoms with E-state index in [0.29, 0.717) is 0 Å². The van der Waals surface area contributed by atoms with E-state index < -0.39 is 0 Å². The molecule has 0 spiro atoms. The van der Waals surface area contributed by atoms with Crippen LogP contribution in [0, 0.1) is 0 Å². The van der Waals surface area contributed by atoms with Crippen molar-refractivity contribution in [2.75, 3.05) is 0 Å². The summed E-state index contributed by atoms with van der Waals surface area (Å²) in [4.78, 5) is 3.01. The second-order valence-electron chi connectivity index (χ2n) is 2.08. The highest BCUT2D eigenvalue weighted by atomic mass is 32.1. The molecule has 0 aliphatic rings. The fraction of sp³-hybridized carbons (Fsp3) is 0.667. The van der Waals surface area contributed by atoms with Crippen LogP contribution in [0.15, 0.2) is 12.1 Å². The highest BCUT2D eigenvalue weighted by molar-refractivity contribution is 7.11. The molecule has 1 rings (SSSR count). The molecule has 1 heteroatoms. The zero-order chi connectivity index (χ0) is 10.7. The Hall–Kier alpha value is -0.300. The Morgan fingerprint density at radius 3 is 1.31 bits per heavy atom. The summed E-state index contributed by atoms with van der Waals surface area (Å²) in [6.45, 7) is 12.4. The number of hydrogen-bond acceptors (Lipinski definition) is 1. The molecule has 0 saturated carbocycles. The smallest absolute Gasteiger partial charge is 0.00454 e. The SMILES string of the molecule is CC.CC.CCc1ccc(CC)s1. The van der Waals surface area contributed by atoms with E-state index in [1.54, 1.807) is 0 Å². The summed E-state index contributed by atoms with van der Waals surface area (Å²) in [6, 6.07) is 4.45. The summed E-state index contributed by atoms with van der Waals surface area (Å²) < 4.78 is 0. The van der Waals surface area contributed by atoms with Gasteiger partial charge in [-0.25, -0.2) is 0 Å². The maximum absolute atomic E-state index is 2.23. The van der Waals surface area contributed by atoms with Gasteiger partial charge < -0.3 is 0 Å². The Morgan fingerprint density at radius 2 is 1.15 bits per heavy atom. The number of rotatable bonds is 2. The van der Waals surface area contributed by atoms with Gasteiger partial charge in [0, 0.05) is 9.75 Å². The average Bonchev–Trinajstić information content (AvgIpc) is 2.71. The van der Waals surface area contributed by atoms with Gasteiger partial charge in [-0.3, -0.25) is 0 Å². The minimum Gasteiger partial charge on any atom is -0.145 e. The van der Waals surface area contributed by atoms with Crippen LogP contribution >= 0.6 is 11.3 Å². The van der Waals surface area contributed by atoms with Crippen molar-refractivity contribution in [2.24, 2.45) is 0 Å². The molecule has 1 aromatic rings. The lowest BCUT2D eigenvalue weighted by molar-refractivity contribution is 1.18. The van der Waals surface area contributed by atoms with Gasteiger partial charge in [0.05, 0.1) is 0 Å². The molecule has 0 bridgehead atoms. The monoisotopic (exact) mass is 200 g/mol. The van der Waals surface area contributed by atoms with Gasteiger partial charge in [0.1, 0.15) is 0 Å². The van der Waals surface area contributed by atoms with Crippen LogP contribution < -0.4 is 0 Å². The van der Waals surface area contributed by atoms with Crippen molar-refractivity contribution in [2.45, 2.75) is 54.4 Å². The van der Waals surface area contributed by atoms with Crippen LogP contribution in [0.25, 0.3) is 0 Å². The Labute approximate surface area is 88.0 Å². The molecule has 0 amide bonds. The quantitative estimate of drug-likeness (QED) is 0.635. The zero-order valence-electron chi connectivity index (χ0n) is 9.98. The maximum Gasteiger partial charge on any atom is 0.00454 e. The topological polar surface area (TPSA) is 0 Å². The largest absolute Gasteiger partial charge is 0.145 e. The summed E-state index contributed by atoms with van der Waals surface area (Å²) in [5.74, 6) is 0. The van der Waals surface area contributed by atoms with Gasteiger partial charge in [0.2, 0.25) is 0 Å². The van der Waals surface area contributed by atoms with Crippen molar-refractivity contribution in [3.8, 4) is 0 Å². The summed E-state index contributed by atoms with van der Waals surface area (Å²) in [7, 11) is 0. The minimum absolute atomic E-state index is 1.19. The van der Waals surface area contributed by atoms with E-state index in [1.165, 1.54) is 22.6 Å². The molecule has 0 nitrogen and oxygen atoms in total.